The molecule has 104 valence electrons. The first-order valence-electron chi connectivity index (χ1n) is 6.35. The van der Waals surface area contributed by atoms with Crippen LogP contribution in [0.4, 0.5) is 0 Å². The van der Waals surface area contributed by atoms with E-state index in [9.17, 15) is 4.79 Å². The molecule has 0 bridgehead atoms. The van der Waals surface area contributed by atoms with Gasteiger partial charge in [0.2, 0.25) is 5.82 Å². The maximum Gasteiger partial charge on any atom is 0.288 e. The van der Waals surface area contributed by atoms with Crippen LogP contribution in [0.3, 0.4) is 0 Å². The first-order chi connectivity index (χ1) is 9.83. The number of aromatic nitrogens is 3. The molecule has 2 heterocycles. The number of amides is 1. The molecule has 1 amide bonds. The largest absolute Gasteiger partial charge is 0.490 e. The Morgan fingerprint density at radius 3 is 2.95 bits per heavy atom. The number of hydrogen-bond acceptors (Lipinski definition) is 5. The molecule has 0 saturated heterocycles. The summed E-state index contributed by atoms with van der Waals surface area (Å²) in [5.41, 5.74) is 0.933. The second-order valence-corrected chi connectivity index (χ2v) is 4.35. The fourth-order valence-corrected chi connectivity index (χ4v) is 1.90. The standard InChI is InChI=1S/C13H14N4O3/c18-13(12-15-8-16-17-12)14-7-9-2-3-10-11(6-9)20-5-1-4-19-10/h2-3,6,8H,1,4-5,7H2,(H,14,18)(H,15,16,17). The van der Waals surface area contributed by atoms with E-state index in [2.05, 4.69) is 20.5 Å². The Balaban J connectivity index is 1.66. The summed E-state index contributed by atoms with van der Waals surface area (Å²) in [6.45, 7) is 1.69. The van der Waals surface area contributed by atoms with Crippen LogP contribution >= 0.6 is 0 Å². The van der Waals surface area contributed by atoms with Gasteiger partial charge in [-0.1, -0.05) is 6.07 Å². The number of benzene rings is 1. The summed E-state index contributed by atoms with van der Waals surface area (Å²) in [6, 6.07) is 5.63. The molecule has 2 N–H and O–H groups in total. The fraction of sp³-hybridized carbons (Fsp3) is 0.308. The zero-order valence-corrected chi connectivity index (χ0v) is 10.8. The maximum atomic E-state index is 11.7. The molecule has 7 nitrogen and oxygen atoms in total. The highest BCUT2D eigenvalue weighted by Crippen LogP contribution is 2.30. The Kier molecular flexibility index (Phi) is 3.49. The van der Waals surface area contributed by atoms with Gasteiger partial charge in [-0.2, -0.15) is 5.10 Å². The molecule has 0 unspecified atom stereocenters. The van der Waals surface area contributed by atoms with E-state index in [-0.39, 0.29) is 11.7 Å². The Bertz CT molecular complexity index is 598. The number of carbonyl (C=O) groups excluding carboxylic acids is 1. The summed E-state index contributed by atoms with van der Waals surface area (Å²) >= 11 is 0. The molecule has 3 rings (SSSR count). The smallest absolute Gasteiger partial charge is 0.288 e. The lowest BCUT2D eigenvalue weighted by Gasteiger charge is -2.09. The maximum absolute atomic E-state index is 11.7. The van der Waals surface area contributed by atoms with E-state index in [4.69, 9.17) is 9.47 Å². The molecule has 1 aliphatic rings. The lowest BCUT2D eigenvalue weighted by atomic mass is 10.2. The Labute approximate surface area is 115 Å². The highest BCUT2D eigenvalue weighted by Gasteiger charge is 2.12. The molecule has 2 aromatic rings. The lowest BCUT2D eigenvalue weighted by molar-refractivity contribution is 0.0941. The molecule has 0 spiro atoms. The molecule has 0 atom stereocenters. The monoisotopic (exact) mass is 274 g/mol. The van der Waals surface area contributed by atoms with Gasteiger partial charge in [-0.3, -0.25) is 9.89 Å². The van der Waals surface area contributed by atoms with Crippen molar-refractivity contribution in [2.75, 3.05) is 13.2 Å². The van der Waals surface area contributed by atoms with Crippen LogP contribution < -0.4 is 14.8 Å². The van der Waals surface area contributed by atoms with Crippen LogP contribution in [-0.2, 0) is 6.54 Å². The van der Waals surface area contributed by atoms with Gasteiger partial charge >= 0.3 is 0 Å². The lowest BCUT2D eigenvalue weighted by Crippen LogP contribution is -2.24. The van der Waals surface area contributed by atoms with E-state index in [1.807, 2.05) is 18.2 Å². The van der Waals surface area contributed by atoms with Crippen LogP contribution in [0.15, 0.2) is 24.5 Å². The summed E-state index contributed by atoms with van der Waals surface area (Å²) in [5.74, 6) is 1.36. The van der Waals surface area contributed by atoms with E-state index in [1.54, 1.807) is 0 Å². The molecule has 7 heteroatoms. The van der Waals surface area contributed by atoms with E-state index < -0.39 is 0 Å². The third kappa shape index (κ3) is 2.71. The highest BCUT2D eigenvalue weighted by molar-refractivity contribution is 5.90. The van der Waals surface area contributed by atoms with E-state index in [0.717, 1.165) is 17.7 Å². The van der Waals surface area contributed by atoms with Crippen molar-refractivity contribution < 1.29 is 14.3 Å². The van der Waals surface area contributed by atoms with Crippen molar-refractivity contribution in [3.8, 4) is 11.5 Å². The number of aromatic amines is 1. The van der Waals surface area contributed by atoms with Gasteiger partial charge in [-0.25, -0.2) is 4.98 Å². The minimum absolute atomic E-state index is 0.194. The molecular formula is C13H14N4O3. The molecular weight excluding hydrogens is 260 g/mol. The number of nitrogens with one attached hydrogen (secondary N) is 2. The minimum Gasteiger partial charge on any atom is -0.490 e. The second-order valence-electron chi connectivity index (χ2n) is 4.35. The predicted molar refractivity (Wildman–Crippen MR) is 69.6 cm³/mol. The van der Waals surface area contributed by atoms with E-state index >= 15 is 0 Å². The SMILES string of the molecule is O=C(NCc1ccc2c(c1)OCCCO2)c1ncn[nH]1. The molecule has 0 saturated carbocycles. The Hall–Kier alpha value is -2.57. The van der Waals surface area contributed by atoms with Crippen LogP contribution in [0.2, 0.25) is 0 Å². The van der Waals surface area contributed by atoms with Crippen LogP contribution in [0.1, 0.15) is 22.6 Å². The van der Waals surface area contributed by atoms with Crippen LogP contribution in [0.25, 0.3) is 0 Å². The molecule has 20 heavy (non-hydrogen) atoms. The van der Waals surface area contributed by atoms with Gasteiger partial charge in [0.25, 0.3) is 5.91 Å². The molecule has 1 aliphatic heterocycles. The topological polar surface area (TPSA) is 89.1 Å². The van der Waals surface area contributed by atoms with Gasteiger partial charge in [0.05, 0.1) is 13.2 Å². The normalized spacial score (nSPS) is 13.6. The zero-order valence-electron chi connectivity index (χ0n) is 10.8. The quantitative estimate of drug-likeness (QED) is 0.868. The van der Waals surface area contributed by atoms with Crippen molar-refractivity contribution in [2.45, 2.75) is 13.0 Å². The van der Waals surface area contributed by atoms with Gasteiger partial charge in [0.15, 0.2) is 11.5 Å². The minimum atomic E-state index is -0.297. The van der Waals surface area contributed by atoms with E-state index in [1.165, 1.54) is 6.33 Å². The van der Waals surface area contributed by atoms with Crippen molar-refractivity contribution in [1.82, 2.24) is 20.5 Å². The van der Waals surface area contributed by atoms with Crippen molar-refractivity contribution in [1.29, 1.82) is 0 Å². The van der Waals surface area contributed by atoms with Gasteiger partial charge in [0.1, 0.15) is 6.33 Å². The third-order valence-electron chi connectivity index (χ3n) is 2.90. The van der Waals surface area contributed by atoms with Crippen LogP contribution in [0, 0.1) is 0 Å². The van der Waals surface area contributed by atoms with Crippen molar-refractivity contribution in [3.63, 3.8) is 0 Å². The fourth-order valence-electron chi connectivity index (χ4n) is 1.90. The summed E-state index contributed by atoms with van der Waals surface area (Å²) in [7, 11) is 0. The predicted octanol–water partition coefficient (Wildman–Crippen LogP) is 0.896. The number of hydrogen-bond donors (Lipinski definition) is 2. The number of ether oxygens (including phenoxy) is 2. The molecule has 0 fully saturated rings. The summed E-state index contributed by atoms with van der Waals surface area (Å²) in [6.07, 6.45) is 2.16. The highest BCUT2D eigenvalue weighted by atomic mass is 16.5. The zero-order chi connectivity index (χ0) is 13.8. The molecule has 1 aromatic heterocycles. The number of carbonyl (C=O) groups is 1. The number of rotatable bonds is 3. The summed E-state index contributed by atoms with van der Waals surface area (Å²) in [4.78, 5) is 15.5. The van der Waals surface area contributed by atoms with Gasteiger partial charge < -0.3 is 14.8 Å². The van der Waals surface area contributed by atoms with Crippen molar-refractivity contribution >= 4 is 5.91 Å². The number of nitrogens with zero attached hydrogens (tertiary/aromatic N) is 2. The average Bonchev–Trinajstić information content (AvgIpc) is 2.90. The summed E-state index contributed by atoms with van der Waals surface area (Å²) < 4.78 is 11.2. The van der Waals surface area contributed by atoms with Crippen LogP contribution in [-0.4, -0.2) is 34.3 Å². The van der Waals surface area contributed by atoms with Crippen molar-refractivity contribution in [3.05, 3.63) is 35.9 Å². The number of fused-ring (bicyclic) bond motifs is 1. The first kappa shape index (κ1) is 12.5. The van der Waals surface area contributed by atoms with E-state index in [0.29, 0.717) is 25.5 Å². The van der Waals surface area contributed by atoms with Crippen LogP contribution in [0.5, 0.6) is 11.5 Å². The third-order valence-corrected chi connectivity index (χ3v) is 2.90. The summed E-state index contributed by atoms with van der Waals surface area (Å²) in [5, 5.41) is 8.90. The Morgan fingerprint density at radius 2 is 2.15 bits per heavy atom. The first-order valence-corrected chi connectivity index (χ1v) is 6.35. The average molecular weight is 274 g/mol. The molecule has 1 aromatic carbocycles. The molecule has 0 aliphatic carbocycles. The second kappa shape index (κ2) is 5.60. The van der Waals surface area contributed by atoms with Gasteiger partial charge in [-0.05, 0) is 17.7 Å². The Morgan fingerprint density at radius 1 is 1.30 bits per heavy atom. The van der Waals surface area contributed by atoms with Gasteiger partial charge in [0, 0.05) is 13.0 Å². The molecule has 0 radical (unpaired) electrons. The number of H-pyrrole nitrogens is 1. The van der Waals surface area contributed by atoms with Crippen molar-refractivity contribution in [2.24, 2.45) is 0 Å². The van der Waals surface area contributed by atoms with Gasteiger partial charge in [-0.15, -0.1) is 0 Å².